The lowest BCUT2D eigenvalue weighted by molar-refractivity contribution is -0.120. The third-order valence-corrected chi connectivity index (χ3v) is 5.96. The summed E-state index contributed by atoms with van der Waals surface area (Å²) in [5, 5.41) is 9.32. The number of nitrogens with one attached hydrogen (secondary N) is 3. The topological polar surface area (TPSA) is 79.5 Å². The minimum atomic E-state index is 0.0215. The predicted molar refractivity (Wildman–Crippen MR) is 112 cm³/mol. The Morgan fingerprint density at radius 1 is 1.07 bits per heavy atom. The Labute approximate surface area is 167 Å². The van der Waals surface area contributed by atoms with E-state index in [9.17, 15) is 9.59 Å². The Morgan fingerprint density at radius 2 is 1.82 bits per heavy atom. The van der Waals surface area contributed by atoms with Crippen molar-refractivity contribution in [1.82, 2.24) is 5.32 Å². The van der Waals surface area contributed by atoms with Crippen LogP contribution in [0.4, 0.5) is 11.4 Å². The van der Waals surface area contributed by atoms with Crippen molar-refractivity contribution < 1.29 is 14.3 Å². The molecule has 3 N–H and O–H groups in total. The third-order valence-electron chi connectivity index (χ3n) is 5.96. The highest BCUT2D eigenvalue weighted by Crippen LogP contribution is 2.31. The minimum Gasteiger partial charge on any atom is -0.495 e. The number of anilines is 2. The average molecular weight is 388 g/mol. The van der Waals surface area contributed by atoms with Crippen LogP contribution in [0.3, 0.4) is 0 Å². The first-order valence-corrected chi connectivity index (χ1v) is 10.6. The fourth-order valence-corrected chi connectivity index (χ4v) is 4.21. The fraction of sp³-hybridized carbons (Fsp3) is 0.636. The second-order valence-corrected chi connectivity index (χ2v) is 8.02. The molecule has 0 bridgehead atoms. The summed E-state index contributed by atoms with van der Waals surface area (Å²) in [4.78, 5) is 24.9. The van der Waals surface area contributed by atoms with Gasteiger partial charge in [-0.25, -0.2) is 0 Å². The smallest absolute Gasteiger partial charge is 0.227 e. The largest absolute Gasteiger partial charge is 0.495 e. The van der Waals surface area contributed by atoms with Crippen molar-refractivity contribution in [2.75, 3.05) is 30.8 Å². The second kappa shape index (κ2) is 10.5. The summed E-state index contributed by atoms with van der Waals surface area (Å²) < 4.78 is 5.39. The van der Waals surface area contributed by atoms with Crippen LogP contribution in [0.2, 0.25) is 0 Å². The molecule has 2 aliphatic rings. The zero-order valence-corrected chi connectivity index (χ0v) is 16.9. The summed E-state index contributed by atoms with van der Waals surface area (Å²) in [7, 11) is 1.59. The number of piperidine rings is 1. The van der Waals surface area contributed by atoms with Crippen molar-refractivity contribution in [2.45, 2.75) is 57.8 Å². The van der Waals surface area contributed by atoms with Gasteiger partial charge in [0.2, 0.25) is 11.8 Å². The van der Waals surface area contributed by atoms with Crippen molar-refractivity contribution in [3.05, 3.63) is 18.2 Å². The standard InChI is InChI=1S/C22H33N3O3/c1-28-20-9-8-18(24-21(26)10-7-16-11-13-23-14-12-16)15-19(20)25-22(27)17-5-3-2-4-6-17/h8-9,15-17,23H,2-7,10-14H2,1H3,(H,24,26)(H,25,27). The molecule has 2 amide bonds. The molecule has 0 atom stereocenters. The molecule has 1 aromatic rings. The number of amides is 2. The molecule has 1 aliphatic heterocycles. The molecular formula is C22H33N3O3. The van der Waals surface area contributed by atoms with E-state index >= 15 is 0 Å². The van der Waals surface area contributed by atoms with Crippen LogP contribution in [0, 0.1) is 11.8 Å². The van der Waals surface area contributed by atoms with E-state index in [1.165, 1.54) is 6.42 Å². The maximum atomic E-state index is 12.6. The maximum Gasteiger partial charge on any atom is 0.227 e. The summed E-state index contributed by atoms with van der Waals surface area (Å²) in [5.41, 5.74) is 1.31. The molecule has 6 nitrogen and oxygen atoms in total. The van der Waals surface area contributed by atoms with Gasteiger partial charge in [0.25, 0.3) is 0 Å². The maximum absolute atomic E-state index is 12.6. The van der Waals surface area contributed by atoms with Gasteiger partial charge < -0.3 is 20.7 Å². The molecule has 0 spiro atoms. The van der Waals surface area contributed by atoms with Crippen molar-refractivity contribution >= 4 is 23.2 Å². The van der Waals surface area contributed by atoms with E-state index in [1.807, 2.05) is 6.07 Å². The number of benzene rings is 1. The van der Waals surface area contributed by atoms with Crippen LogP contribution in [0.25, 0.3) is 0 Å². The quantitative estimate of drug-likeness (QED) is 0.662. The first-order chi connectivity index (χ1) is 13.7. The van der Waals surface area contributed by atoms with Crippen LogP contribution in [-0.2, 0) is 9.59 Å². The summed E-state index contributed by atoms with van der Waals surface area (Å²) in [6, 6.07) is 5.40. The SMILES string of the molecule is COc1ccc(NC(=O)CCC2CCNCC2)cc1NC(=O)C1CCCCC1. The van der Waals surface area contributed by atoms with Crippen LogP contribution < -0.4 is 20.7 Å². The van der Waals surface area contributed by atoms with Crippen LogP contribution >= 0.6 is 0 Å². The Bertz CT molecular complexity index is 665. The molecule has 0 unspecified atom stereocenters. The van der Waals surface area contributed by atoms with E-state index < -0.39 is 0 Å². The Morgan fingerprint density at radius 3 is 2.54 bits per heavy atom. The van der Waals surface area contributed by atoms with Crippen LogP contribution in [0.15, 0.2) is 18.2 Å². The Balaban J connectivity index is 1.56. The molecule has 1 aromatic carbocycles. The van der Waals surface area contributed by atoms with E-state index in [0.717, 1.165) is 58.0 Å². The summed E-state index contributed by atoms with van der Waals surface area (Å²) in [5.74, 6) is 1.38. The number of carbonyl (C=O) groups is 2. The molecule has 6 heteroatoms. The highest BCUT2D eigenvalue weighted by atomic mass is 16.5. The van der Waals surface area contributed by atoms with E-state index in [0.29, 0.717) is 29.5 Å². The van der Waals surface area contributed by atoms with Crippen molar-refractivity contribution in [3.8, 4) is 5.75 Å². The summed E-state index contributed by atoms with van der Waals surface area (Å²) >= 11 is 0. The van der Waals surface area contributed by atoms with Gasteiger partial charge in [-0.3, -0.25) is 9.59 Å². The van der Waals surface area contributed by atoms with Gasteiger partial charge in [0.15, 0.2) is 0 Å². The third kappa shape index (κ3) is 5.96. The minimum absolute atomic E-state index is 0.0215. The van der Waals surface area contributed by atoms with Crippen LogP contribution in [0.1, 0.15) is 57.8 Å². The van der Waals surface area contributed by atoms with E-state index in [-0.39, 0.29) is 17.7 Å². The van der Waals surface area contributed by atoms with Gasteiger partial charge in [-0.05, 0) is 69.3 Å². The lowest BCUT2D eigenvalue weighted by atomic mass is 9.88. The molecule has 0 radical (unpaired) electrons. The first kappa shape index (κ1) is 20.6. The molecule has 1 heterocycles. The number of methoxy groups -OCH3 is 1. The van der Waals surface area contributed by atoms with Gasteiger partial charge in [0.05, 0.1) is 12.8 Å². The van der Waals surface area contributed by atoms with Crippen molar-refractivity contribution in [1.29, 1.82) is 0 Å². The number of hydrogen-bond donors (Lipinski definition) is 3. The number of rotatable bonds is 7. The zero-order valence-electron chi connectivity index (χ0n) is 16.9. The van der Waals surface area contributed by atoms with Crippen molar-refractivity contribution in [3.63, 3.8) is 0 Å². The normalized spacial score (nSPS) is 18.5. The Hall–Kier alpha value is -2.08. The summed E-state index contributed by atoms with van der Waals surface area (Å²) in [6.07, 6.45) is 9.08. The van der Waals surface area contributed by atoms with E-state index in [2.05, 4.69) is 16.0 Å². The predicted octanol–water partition coefficient (Wildman–Crippen LogP) is 3.93. The van der Waals surface area contributed by atoms with Gasteiger partial charge >= 0.3 is 0 Å². The van der Waals surface area contributed by atoms with Crippen molar-refractivity contribution in [2.24, 2.45) is 11.8 Å². The first-order valence-electron chi connectivity index (χ1n) is 10.6. The van der Waals surface area contributed by atoms with Gasteiger partial charge in [-0.1, -0.05) is 19.3 Å². The molecule has 1 aliphatic carbocycles. The molecule has 2 fully saturated rings. The van der Waals surface area contributed by atoms with Gasteiger partial charge in [0.1, 0.15) is 5.75 Å². The van der Waals surface area contributed by atoms with Gasteiger partial charge in [-0.15, -0.1) is 0 Å². The zero-order chi connectivity index (χ0) is 19.8. The molecule has 0 aromatic heterocycles. The fourth-order valence-electron chi connectivity index (χ4n) is 4.21. The molecule has 28 heavy (non-hydrogen) atoms. The second-order valence-electron chi connectivity index (χ2n) is 8.02. The van der Waals surface area contributed by atoms with E-state index in [4.69, 9.17) is 4.74 Å². The van der Waals surface area contributed by atoms with Crippen LogP contribution in [0.5, 0.6) is 5.75 Å². The number of hydrogen-bond acceptors (Lipinski definition) is 4. The molecule has 154 valence electrons. The van der Waals surface area contributed by atoms with Gasteiger partial charge in [-0.2, -0.15) is 0 Å². The lowest BCUT2D eigenvalue weighted by Gasteiger charge is -2.22. The number of carbonyl (C=O) groups excluding carboxylic acids is 2. The van der Waals surface area contributed by atoms with E-state index in [1.54, 1.807) is 19.2 Å². The molecule has 1 saturated heterocycles. The molecule has 3 rings (SSSR count). The highest BCUT2D eigenvalue weighted by molar-refractivity contribution is 5.96. The lowest BCUT2D eigenvalue weighted by Crippen LogP contribution is -2.28. The highest BCUT2D eigenvalue weighted by Gasteiger charge is 2.22. The number of ether oxygens (including phenoxy) is 1. The summed E-state index contributed by atoms with van der Waals surface area (Å²) in [6.45, 7) is 2.10. The van der Waals surface area contributed by atoms with Gasteiger partial charge in [0, 0.05) is 18.0 Å². The average Bonchev–Trinajstić information content (AvgIpc) is 2.74. The Kier molecular flexibility index (Phi) is 7.71. The van der Waals surface area contributed by atoms with Crippen LogP contribution in [-0.4, -0.2) is 32.0 Å². The molecule has 1 saturated carbocycles. The monoisotopic (exact) mass is 387 g/mol. The molecular weight excluding hydrogens is 354 g/mol.